The number of ether oxygens (including phenoxy) is 9. The van der Waals surface area contributed by atoms with Gasteiger partial charge in [-0.15, -0.1) is 0 Å². The van der Waals surface area contributed by atoms with E-state index in [1.165, 1.54) is 53.4 Å². The second-order valence-electron chi connectivity index (χ2n) is 18.0. The van der Waals surface area contributed by atoms with E-state index in [0.29, 0.717) is 5.56 Å². The Balaban J connectivity index is 1.46. The first kappa shape index (κ1) is 38.4. The van der Waals surface area contributed by atoms with Gasteiger partial charge < -0.3 is 57.3 Å². The average molecular weight is 803 g/mol. The highest BCUT2D eigenvalue weighted by atomic mass is 17.0. The molecule has 3 saturated heterocycles. The van der Waals surface area contributed by atoms with Crippen LogP contribution in [0.3, 0.4) is 0 Å². The SMILES string of the molecule is COC(=O)C[C@H]1[C@@]2(C)C[C@]3(O)[C@@](O)([C@@H](OC(=O)C(C)C)[C@]45OC6(C)O[C@H]([C@H](OC(C)=O)[C@]78C[C@@]74[C@@H](OC(C)=O)C(=O)O[C@H]8c4ccoc4)[C@]5(O6)[C@]13C)[C@H]2OC(C)=O. The van der Waals surface area contributed by atoms with Crippen LogP contribution in [0.25, 0.3) is 0 Å². The zero-order valence-corrected chi connectivity index (χ0v) is 32.9. The molecule has 2 N–H and O–H groups in total. The first-order valence-corrected chi connectivity index (χ1v) is 19.0. The number of rotatable bonds is 8. The van der Waals surface area contributed by atoms with Crippen molar-refractivity contribution in [1.29, 1.82) is 0 Å². The first-order valence-electron chi connectivity index (χ1n) is 19.0. The molecule has 1 unspecified atom stereocenters. The van der Waals surface area contributed by atoms with Gasteiger partial charge in [0.15, 0.2) is 17.3 Å². The molecule has 0 radical (unpaired) electrons. The van der Waals surface area contributed by atoms with Crippen molar-refractivity contribution >= 4 is 35.8 Å². The summed E-state index contributed by atoms with van der Waals surface area (Å²) < 4.78 is 62.4. The second kappa shape index (κ2) is 10.9. The normalized spacial score (nSPS) is 51.2. The standard InChI is InChI=1S/C39H46O18/c1-16(2)27(44)54-30-37(47)29(52-19(5)42)31(6)14-36(37,46)32(7,21(31)12-22(43)48-9)38-25-24(50-17(3)40)34-15-35(34,39(30,38)57-33(8,55-25)56-38)26(51-18(4)41)28(45)53-23(34)20-10-11-49-13-20/h10-11,13,16,21,23-26,29-30,46-47H,12,14-15H2,1-9H3/t21-,23-,24-,25+,26-,29-,30+,31+,32+,33?,34+,35+,36+,37-,38-,39-/m0/s1. The fourth-order valence-corrected chi connectivity index (χ4v) is 13.9. The fourth-order valence-electron chi connectivity index (χ4n) is 13.9. The van der Waals surface area contributed by atoms with Gasteiger partial charge in [-0.2, -0.15) is 0 Å². The van der Waals surface area contributed by atoms with Crippen molar-refractivity contribution in [3.63, 3.8) is 0 Å². The Bertz CT molecular complexity index is 2030. The highest BCUT2D eigenvalue weighted by molar-refractivity contribution is 5.84. The smallest absolute Gasteiger partial charge is 0.348 e. The minimum atomic E-state index is -2.80. The number of aliphatic hydroxyl groups is 2. The van der Waals surface area contributed by atoms with E-state index in [2.05, 4.69) is 0 Å². The van der Waals surface area contributed by atoms with Crippen molar-refractivity contribution in [3.05, 3.63) is 24.2 Å². The van der Waals surface area contributed by atoms with Crippen LogP contribution < -0.4 is 0 Å². The molecule has 1 spiro atoms. The Hall–Kier alpha value is -4.10. The van der Waals surface area contributed by atoms with Gasteiger partial charge in [-0.1, -0.05) is 27.7 Å². The van der Waals surface area contributed by atoms with Crippen LogP contribution in [0.2, 0.25) is 0 Å². The zero-order valence-electron chi connectivity index (χ0n) is 32.9. The molecule has 16 atom stereocenters. The summed E-state index contributed by atoms with van der Waals surface area (Å²) in [5.41, 5.74) is -16.8. The minimum absolute atomic E-state index is 0.240. The number of furan rings is 1. The van der Waals surface area contributed by atoms with Crippen LogP contribution in [0, 0.1) is 33.5 Å². The molecule has 0 aromatic carbocycles. The van der Waals surface area contributed by atoms with Crippen LogP contribution in [-0.4, -0.2) is 112 Å². The van der Waals surface area contributed by atoms with Crippen molar-refractivity contribution in [2.75, 3.05) is 7.11 Å². The van der Waals surface area contributed by atoms with Crippen LogP contribution >= 0.6 is 0 Å². The topological polar surface area (TPSA) is 239 Å². The van der Waals surface area contributed by atoms with Crippen molar-refractivity contribution in [2.45, 2.75) is 140 Å². The van der Waals surface area contributed by atoms with Gasteiger partial charge in [-0.05, 0) is 24.8 Å². The Kier molecular flexibility index (Phi) is 7.37. The number of methoxy groups -OCH3 is 1. The summed E-state index contributed by atoms with van der Waals surface area (Å²) >= 11 is 0. The number of cyclic esters (lactones) is 1. The molecule has 310 valence electrons. The minimum Gasteiger partial charge on any atom is -0.472 e. The lowest BCUT2D eigenvalue weighted by Gasteiger charge is -2.76. The number of carbonyl (C=O) groups excluding carboxylic acids is 6. The van der Waals surface area contributed by atoms with E-state index in [1.807, 2.05) is 0 Å². The molecule has 9 rings (SSSR count). The number of carbonyl (C=O) groups is 6. The van der Waals surface area contributed by atoms with Crippen molar-refractivity contribution in [3.8, 4) is 0 Å². The zero-order chi connectivity index (χ0) is 41.5. The van der Waals surface area contributed by atoms with E-state index in [-0.39, 0.29) is 12.8 Å². The number of hydrogen-bond donors (Lipinski definition) is 2. The molecule has 3 aliphatic heterocycles. The molecular formula is C39H46O18. The average Bonchev–Trinajstić information content (AvgIpc) is 3.47. The predicted molar refractivity (Wildman–Crippen MR) is 180 cm³/mol. The lowest BCUT2D eigenvalue weighted by molar-refractivity contribution is -0.453. The Labute approximate surface area is 326 Å². The molecule has 18 nitrogen and oxygen atoms in total. The van der Waals surface area contributed by atoms with Crippen molar-refractivity contribution in [1.82, 2.24) is 0 Å². The maximum Gasteiger partial charge on any atom is 0.348 e. The lowest BCUT2D eigenvalue weighted by Crippen LogP contribution is -2.97. The summed E-state index contributed by atoms with van der Waals surface area (Å²) in [7, 11) is 1.18. The van der Waals surface area contributed by atoms with Crippen LogP contribution in [0.15, 0.2) is 23.0 Å². The molecule has 4 heterocycles. The highest BCUT2D eigenvalue weighted by Crippen LogP contribution is 2.95. The van der Waals surface area contributed by atoms with Crippen molar-refractivity contribution in [2.24, 2.45) is 33.5 Å². The molecule has 8 fully saturated rings. The highest BCUT2D eigenvalue weighted by Gasteiger charge is 3.11. The Morgan fingerprint density at radius 2 is 1.54 bits per heavy atom. The summed E-state index contributed by atoms with van der Waals surface area (Å²) in [5, 5.41) is 27.6. The van der Waals surface area contributed by atoms with Gasteiger partial charge >= 0.3 is 35.8 Å². The van der Waals surface area contributed by atoms with Crippen molar-refractivity contribution < 1.29 is 86.0 Å². The third-order valence-corrected chi connectivity index (χ3v) is 15.3. The molecule has 0 amide bonds. The molecule has 4 bridgehead atoms. The van der Waals surface area contributed by atoms with E-state index in [0.717, 1.165) is 13.8 Å². The Morgan fingerprint density at radius 1 is 0.895 bits per heavy atom. The van der Waals surface area contributed by atoms with Gasteiger partial charge in [0, 0.05) is 50.5 Å². The monoisotopic (exact) mass is 802 g/mol. The summed E-state index contributed by atoms with van der Waals surface area (Å²) in [6.45, 7) is 11.0. The van der Waals surface area contributed by atoms with Gasteiger partial charge in [0.2, 0.25) is 6.10 Å². The fraction of sp³-hybridized carbons (Fsp3) is 0.744. The Morgan fingerprint density at radius 3 is 2.12 bits per heavy atom. The molecule has 5 saturated carbocycles. The number of hydrogen-bond acceptors (Lipinski definition) is 18. The van der Waals surface area contributed by atoms with Gasteiger partial charge in [-0.3, -0.25) is 24.0 Å². The molecule has 57 heavy (non-hydrogen) atoms. The van der Waals surface area contributed by atoms with Gasteiger partial charge in [0.05, 0.1) is 36.4 Å². The first-order chi connectivity index (χ1) is 26.5. The summed E-state index contributed by atoms with van der Waals surface area (Å²) in [4.78, 5) is 82.0. The largest absolute Gasteiger partial charge is 0.472 e. The van der Waals surface area contributed by atoms with E-state index in [4.69, 9.17) is 47.0 Å². The van der Waals surface area contributed by atoms with E-state index in [1.54, 1.807) is 13.8 Å². The lowest BCUT2D eigenvalue weighted by atomic mass is 9.33. The number of esters is 6. The third-order valence-electron chi connectivity index (χ3n) is 15.3. The van der Waals surface area contributed by atoms with Crippen LogP contribution in [0.5, 0.6) is 0 Å². The van der Waals surface area contributed by atoms with Crippen LogP contribution in [-0.2, 0) is 71.4 Å². The van der Waals surface area contributed by atoms with Gasteiger partial charge in [0.1, 0.15) is 35.6 Å². The third kappa shape index (κ3) is 3.74. The molecule has 1 aromatic heterocycles. The maximum absolute atomic E-state index is 14.7. The molecular weight excluding hydrogens is 756 g/mol. The molecule has 5 aliphatic carbocycles. The summed E-state index contributed by atoms with van der Waals surface area (Å²) in [6, 6.07) is 1.53. The summed E-state index contributed by atoms with van der Waals surface area (Å²) in [5.74, 6) is -9.42. The predicted octanol–water partition coefficient (Wildman–Crippen LogP) is 1.31. The molecule has 18 heteroatoms. The molecule has 8 aliphatic rings. The van der Waals surface area contributed by atoms with Gasteiger partial charge in [0.25, 0.3) is 5.97 Å². The van der Waals surface area contributed by atoms with E-state index < -0.39 is 141 Å². The van der Waals surface area contributed by atoms with Gasteiger partial charge in [-0.25, -0.2) is 4.79 Å². The van der Waals surface area contributed by atoms with Crippen LogP contribution in [0.1, 0.15) is 86.3 Å². The van der Waals surface area contributed by atoms with E-state index in [9.17, 15) is 39.0 Å². The maximum atomic E-state index is 14.7. The second-order valence-corrected chi connectivity index (χ2v) is 18.0. The summed E-state index contributed by atoms with van der Waals surface area (Å²) in [6.07, 6.45) is -8.37. The molecule has 1 aromatic rings. The van der Waals surface area contributed by atoms with Crippen LogP contribution in [0.4, 0.5) is 0 Å². The number of fused-ring (bicyclic) bond motifs is 2. The quantitative estimate of drug-likeness (QED) is 0.278. The van der Waals surface area contributed by atoms with E-state index >= 15 is 0 Å².